The minimum absolute atomic E-state index is 0.0255. The molecule has 0 atom stereocenters. The van der Waals surface area contributed by atoms with Gasteiger partial charge in [-0.1, -0.05) is 24.3 Å². The van der Waals surface area contributed by atoms with Crippen molar-refractivity contribution in [2.75, 3.05) is 0 Å². The molecular formula is C17H11F6N2O. The topological polar surface area (TPSA) is 36.4 Å². The number of fused-ring (bicyclic) bond motifs is 1. The van der Waals surface area contributed by atoms with Crippen molar-refractivity contribution in [2.45, 2.75) is 18.8 Å². The van der Waals surface area contributed by atoms with Crippen LogP contribution >= 0.6 is 0 Å². The van der Waals surface area contributed by atoms with E-state index >= 15 is 0 Å². The third-order valence-corrected chi connectivity index (χ3v) is 3.81. The van der Waals surface area contributed by atoms with Crippen LogP contribution in [0.1, 0.15) is 16.8 Å². The van der Waals surface area contributed by atoms with Gasteiger partial charge in [0.15, 0.2) is 0 Å². The lowest BCUT2D eigenvalue weighted by Gasteiger charge is -2.22. The lowest BCUT2D eigenvalue weighted by atomic mass is 9.99. The number of pyridine rings is 1. The number of alkyl halides is 6. The molecule has 137 valence electrons. The molecule has 2 heterocycles. The molecule has 26 heavy (non-hydrogen) atoms. The van der Waals surface area contributed by atoms with Gasteiger partial charge in [0.2, 0.25) is 0 Å². The van der Waals surface area contributed by atoms with Crippen molar-refractivity contribution < 1.29 is 31.5 Å². The molecule has 0 saturated carbocycles. The van der Waals surface area contributed by atoms with Gasteiger partial charge in [0.05, 0.1) is 11.1 Å². The van der Waals surface area contributed by atoms with Gasteiger partial charge in [0, 0.05) is 17.5 Å². The van der Waals surface area contributed by atoms with Crippen LogP contribution in [0.15, 0.2) is 48.2 Å². The van der Waals surface area contributed by atoms with Crippen molar-refractivity contribution in [1.82, 2.24) is 10.0 Å². The Morgan fingerprint density at radius 2 is 1.73 bits per heavy atom. The SMILES string of the molecule is ON1[CH]C=CC=C1Cc1cc(C(F)(F)F)nc2c(C(F)(F)F)cccc12. The van der Waals surface area contributed by atoms with Crippen molar-refractivity contribution in [3.63, 3.8) is 0 Å². The van der Waals surface area contributed by atoms with Crippen LogP contribution in [0.3, 0.4) is 0 Å². The molecular weight excluding hydrogens is 362 g/mol. The minimum atomic E-state index is -4.91. The zero-order valence-corrected chi connectivity index (χ0v) is 12.9. The summed E-state index contributed by atoms with van der Waals surface area (Å²) in [6, 6.07) is 3.78. The van der Waals surface area contributed by atoms with Crippen molar-refractivity contribution >= 4 is 10.9 Å². The Morgan fingerprint density at radius 1 is 1.00 bits per heavy atom. The normalized spacial score (nSPS) is 15.5. The first-order valence-electron chi connectivity index (χ1n) is 7.33. The maximum absolute atomic E-state index is 13.2. The van der Waals surface area contributed by atoms with Crippen molar-refractivity contribution in [1.29, 1.82) is 0 Å². The fourth-order valence-electron chi connectivity index (χ4n) is 2.64. The Balaban J connectivity index is 2.24. The summed E-state index contributed by atoms with van der Waals surface area (Å²) in [5, 5.41) is 10.4. The monoisotopic (exact) mass is 373 g/mol. The highest BCUT2D eigenvalue weighted by atomic mass is 19.4. The second kappa shape index (κ2) is 6.31. The molecule has 0 aliphatic carbocycles. The first-order chi connectivity index (χ1) is 12.1. The summed E-state index contributed by atoms with van der Waals surface area (Å²) in [4.78, 5) is 3.22. The second-order valence-corrected chi connectivity index (χ2v) is 5.58. The minimum Gasteiger partial charge on any atom is -0.288 e. The largest absolute Gasteiger partial charge is 0.433 e. The summed E-state index contributed by atoms with van der Waals surface area (Å²) in [5.41, 5.74) is -3.25. The molecule has 2 aromatic rings. The molecule has 1 radical (unpaired) electrons. The van der Waals surface area contributed by atoms with E-state index in [-0.39, 0.29) is 23.1 Å². The average molecular weight is 373 g/mol. The van der Waals surface area contributed by atoms with Gasteiger partial charge in [-0.15, -0.1) is 0 Å². The van der Waals surface area contributed by atoms with Gasteiger partial charge in [-0.2, -0.15) is 26.3 Å². The zero-order chi connectivity index (χ0) is 19.1. The van der Waals surface area contributed by atoms with Gasteiger partial charge in [0.25, 0.3) is 0 Å². The van der Waals surface area contributed by atoms with Crippen LogP contribution in [0.4, 0.5) is 26.3 Å². The van der Waals surface area contributed by atoms with Crippen LogP contribution in [0.25, 0.3) is 10.9 Å². The Labute approximate surface area is 143 Å². The molecule has 0 fully saturated rings. The lowest BCUT2D eigenvalue weighted by Crippen LogP contribution is -2.19. The van der Waals surface area contributed by atoms with Gasteiger partial charge in [0.1, 0.15) is 12.2 Å². The van der Waals surface area contributed by atoms with Gasteiger partial charge >= 0.3 is 12.4 Å². The predicted octanol–water partition coefficient (Wildman–Crippen LogP) is 5.12. The molecule has 1 aliphatic heterocycles. The number of benzene rings is 1. The Morgan fingerprint density at radius 3 is 2.35 bits per heavy atom. The van der Waals surface area contributed by atoms with E-state index in [0.29, 0.717) is 17.2 Å². The lowest BCUT2D eigenvalue weighted by molar-refractivity contribution is -0.142. The van der Waals surface area contributed by atoms with E-state index in [1.807, 2.05) is 0 Å². The fourth-order valence-corrected chi connectivity index (χ4v) is 2.64. The molecule has 0 bridgehead atoms. The standard InChI is InChI=1S/C17H11F6N2O/c18-16(19,20)13-6-3-5-12-10(8-11-4-1-2-7-25(11)26)9-14(17(21,22)23)24-15(12)13/h1-7,9,26H,8H2. The summed E-state index contributed by atoms with van der Waals surface area (Å²) < 4.78 is 79.0. The maximum Gasteiger partial charge on any atom is 0.433 e. The highest BCUT2D eigenvalue weighted by molar-refractivity contribution is 5.86. The Bertz CT molecular complexity index is 898. The number of para-hydroxylation sites is 1. The summed E-state index contributed by atoms with van der Waals surface area (Å²) in [6.07, 6.45) is -5.46. The summed E-state index contributed by atoms with van der Waals surface area (Å²) in [6.45, 7) is 1.27. The smallest absolute Gasteiger partial charge is 0.288 e. The number of allylic oxidation sites excluding steroid dienone is 3. The zero-order valence-electron chi connectivity index (χ0n) is 12.9. The molecule has 9 heteroatoms. The number of aromatic nitrogens is 1. The number of nitrogens with zero attached hydrogens (tertiary/aromatic N) is 2. The van der Waals surface area contributed by atoms with E-state index < -0.39 is 29.1 Å². The number of hydroxylamine groups is 2. The molecule has 0 amide bonds. The fraction of sp³-hybridized carbons (Fsp3) is 0.176. The van der Waals surface area contributed by atoms with Crippen LogP contribution in [0, 0.1) is 6.54 Å². The quantitative estimate of drug-likeness (QED) is 0.743. The van der Waals surface area contributed by atoms with E-state index in [0.717, 1.165) is 6.07 Å². The Kier molecular flexibility index (Phi) is 4.43. The van der Waals surface area contributed by atoms with E-state index in [2.05, 4.69) is 4.98 Å². The highest BCUT2D eigenvalue weighted by Crippen LogP contribution is 2.38. The van der Waals surface area contributed by atoms with Crippen molar-refractivity contribution in [2.24, 2.45) is 0 Å². The predicted molar refractivity (Wildman–Crippen MR) is 80.6 cm³/mol. The first kappa shape index (κ1) is 18.2. The van der Waals surface area contributed by atoms with Crippen LogP contribution in [0.2, 0.25) is 0 Å². The molecule has 3 rings (SSSR count). The molecule has 0 unspecified atom stereocenters. The average Bonchev–Trinajstić information content (AvgIpc) is 2.54. The van der Waals surface area contributed by atoms with Crippen LogP contribution < -0.4 is 0 Å². The molecule has 3 nitrogen and oxygen atoms in total. The molecule has 1 aromatic carbocycles. The van der Waals surface area contributed by atoms with E-state index in [4.69, 9.17) is 0 Å². The van der Waals surface area contributed by atoms with Gasteiger partial charge in [-0.3, -0.25) is 10.3 Å². The third kappa shape index (κ3) is 3.52. The van der Waals surface area contributed by atoms with E-state index in [1.54, 1.807) is 6.08 Å². The van der Waals surface area contributed by atoms with E-state index in [9.17, 15) is 31.5 Å². The van der Waals surface area contributed by atoms with Crippen LogP contribution in [0.5, 0.6) is 0 Å². The van der Waals surface area contributed by atoms with Gasteiger partial charge in [-0.25, -0.2) is 4.98 Å². The maximum atomic E-state index is 13.2. The molecule has 0 saturated heterocycles. The number of hydrogen-bond donors (Lipinski definition) is 1. The molecule has 1 aliphatic rings. The summed E-state index contributed by atoms with van der Waals surface area (Å²) >= 11 is 0. The van der Waals surface area contributed by atoms with E-state index in [1.165, 1.54) is 24.8 Å². The number of rotatable bonds is 2. The van der Waals surface area contributed by atoms with Crippen molar-refractivity contribution in [3.8, 4) is 0 Å². The molecule has 1 N–H and O–H groups in total. The van der Waals surface area contributed by atoms with Crippen LogP contribution in [-0.2, 0) is 18.8 Å². The van der Waals surface area contributed by atoms with Gasteiger partial charge < -0.3 is 0 Å². The number of hydrogen-bond acceptors (Lipinski definition) is 3. The third-order valence-electron chi connectivity index (χ3n) is 3.81. The molecule has 1 aromatic heterocycles. The highest BCUT2D eigenvalue weighted by Gasteiger charge is 2.37. The number of halogens is 6. The van der Waals surface area contributed by atoms with Crippen molar-refractivity contribution in [3.05, 3.63) is 71.6 Å². The van der Waals surface area contributed by atoms with Crippen LogP contribution in [-0.4, -0.2) is 15.3 Å². The first-order valence-corrected chi connectivity index (χ1v) is 7.33. The second-order valence-electron chi connectivity index (χ2n) is 5.58. The van der Waals surface area contributed by atoms with Gasteiger partial charge in [-0.05, 0) is 23.8 Å². The Hall–Kier alpha value is -2.55. The summed E-state index contributed by atoms with van der Waals surface area (Å²) in [7, 11) is 0. The summed E-state index contributed by atoms with van der Waals surface area (Å²) in [5.74, 6) is 0. The molecule has 0 spiro atoms.